The molecule has 1 aliphatic heterocycles. The molecule has 1 N–H and O–H groups in total. The van der Waals surface area contributed by atoms with Crippen LogP contribution in [0.3, 0.4) is 0 Å². The smallest absolute Gasteiger partial charge is 0.254 e. The number of sulfone groups is 1. The Morgan fingerprint density at radius 3 is 2.59 bits per heavy atom. The molecule has 9 heteroatoms. The molecule has 2 aromatic carbocycles. The van der Waals surface area contributed by atoms with Gasteiger partial charge in [-0.1, -0.05) is 13.0 Å². The lowest BCUT2D eigenvalue weighted by atomic mass is 10.0. The summed E-state index contributed by atoms with van der Waals surface area (Å²) in [5.41, 5.74) is 2.95. The van der Waals surface area contributed by atoms with E-state index in [1.807, 2.05) is 30.3 Å². The van der Waals surface area contributed by atoms with E-state index in [9.17, 15) is 17.6 Å². The maximum Gasteiger partial charge on any atom is 0.254 e. The minimum Gasteiger partial charge on any atom is -0.491 e. The molecule has 0 fully saturated rings. The summed E-state index contributed by atoms with van der Waals surface area (Å²) >= 11 is 0. The molecule has 0 bridgehead atoms. The van der Waals surface area contributed by atoms with Gasteiger partial charge >= 0.3 is 0 Å². The Labute approximate surface area is 198 Å². The Kier molecular flexibility index (Phi) is 6.56. The lowest BCUT2D eigenvalue weighted by Gasteiger charge is -2.22. The number of pyridine rings is 1. The zero-order valence-electron chi connectivity index (χ0n) is 19.3. The molecule has 2 heterocycles. The minimum absolute atomic E-state index is 0.0998. The summed E-state index contributed by atoms with van der Waals surface area (Å²) < 4.78 is 44.7. The van der Waals surface area contributed by atoms with Crippen molar-refractivity contribution in [3.05, 3.63) is 71.2 Å². The third-order valence-electron chi connectivity index (χ3n) is 5.87. The summed E-state index contributed by atoms with van der Waals surface area (Å²) in [5.74, 6) is 0.229. The maximum absolute atomic E-state index is 15.0. The predicted molar refractivity (Wildman–Crippen MR) is 128 cm³/mol. The van der Waals surface area contributed by atoms with Crippen molar-refractivity contribution in [2.75, 3.05) is 31.8 Å². The Hall–Kier alpha value is -3.46. The molecular formula is C25H26FN3O4S. The van der Waals surface area contributed by atoms with Crippen LogP contribution in [0.25, 0.3) is 11.1 Å². The highest BCUT2D eigenvalue weighted by Gasteiger charge is 2.27. The first-order valence-electron chi connectivity index (χ1n) is 10.9. The third kappa shape index (κ3) is 4.61. The minimum atomic E-state index is -3.74. The van der Waals surface area contributed by atoms with Crippen LogP contribution in [0.15, 0.2) is 53.6 Å². The number of carbonyl (C=O) groups excluding carboxylic acids is 1. The molecule has 1 aromatic heterocycles. The molecule has 0 spiro atoms. The number of anilines is 1. The van der Waals surface area contributed by atoms with Gasteiger partial charge in [-0.25, -0.2) is 17.8 Å². The number of nitrogens with zero attached hydrogens (tertiary/aromatic N) is 2. The van der Waals surface area contributed by atoms with Gasteiger partial charge < -0.3 is 15.0 Å². The van der Waals surface area contributed by atoms with E-state index < -0.39 is 20.5 Å². The number of benzene rings is 2. The first kappa shape index (κ1) is 23.7. The van der Waals surface area contributed by atoms with Crippen molar-refractivity contribution in [1.29, 1.82) is 0 Å². The summed E-state index contributed by atoms with van der Waals surface area (Å²) in [5, 5.41) is 2.99. The molecule has 4 rings (SSSR count). The van der Waals surface area contributed by atoms with Gasteiger partial charge in [0.05, 0.1) is 6.54 Å². The summed E-state index contributed by atoms with van der Waals surface area (Å²) in [4.78, 5) is 19.0. The van der Waals surface area contributed by atoms with Gasteiger partial charge in [-0.3, -0.25) is 4.79 Å². The van der Waals surface area contributed by atoms with Gasteiger partial charge in [-0.2, -0.15) is 0 Å². The molecular weight excluding hydrogens is 457 g/mol. The molecule has 0 saturated heterocycles. The summed E-state index contributed by atoms with van der Waals surface area (Å²) in [7, 11) is -1.94. The molecule has 0 aliphatic carbocycles. The van der Waals surface area contributed by atoms with Crippen molar-refractivity contribution in [1.82, 2.24) is 9.88 Å². The molecule has 178 valence electrons. The molecule has 0 radical (unpaired) electrons. The normalized spacial score (nSPS) is 13.6. The lowest BCUT2D eigenvalue weighted by Crippen LogP contribution is -2.33. The standard InChI is InChI=1S/C25H26FN3O4S/c1-4-19-20(7-9-22(24(19)26)34(3,31)32)25(30)29-11-12-33-21-8-5-16(13-18(21)15-29)17-6-10-23(27-2)28-14-17/h5-10,13-14H,4,11-12,15H2,1-3H3,(H,27,28). The fourth-order valence-electron chi connectivity index (χ4n) is 4.06. The summed E-state index contributed by atoms with van der Waals surface area (Å²) in [6.07, 6.45) is 2.92. The highest BCUT2D eigenvalue weighted by Crippen LogP contribution is 2.31. The molecule has 1 aliphatic rings. The Bertz CT molecular complexity index is 1340. The van der Waals surface area contributed by atoms with Crippen LogP contribution in [0.5, 0.6) is 5.75 Å². The Balaban J connectivity index is 1.66. The van der Waals surface area contributed by atoms with Crippen molar-refractivity contribution < 1.29 is 22.3 Å². The molecule has 7 nitrogen and oxygen atoms in total. The second-order valence-electron chi connectivity index (χ2n) is 8.11. The highest BCUT2D eigenvalue weighted by molar-refractivity contribution is 7.90. The fraction of sp³-hybridized carbons (Fsp3) is 0.280. The summed E-state index contributed by atoms with van der Waals surface area (Å²) in [6, 6.07) is 12.2. The number of rotatable bonds is 5. The van der Waals surface area contributed by atoms with E-state index in [0.29, 0.717) is 18.9 Å². The zero-order valence-corrected chi connectivity index (χ0v) is 20.1. The van der Waals surface area contributed by atoms with Crippen LogP contribution in [0, 0.1) is 5.82 Å². The van der Waals surface area contributed by atoms with Gasteiger partial charge in [0.1, 0.15) is 28.9 Å². The van der Waals surface area contributed by atoms with E-state index in [-0.39, 0.29) is 30.0 Å². The lowest BCUT2D eigenvalue weighted by molar-refractivity contribution is 0.0731. The number of aromatic nitrogens is 1. The molecule has 0 atom stereocenters. The quantitative estimate of drug-likeness (QED) is 0.592. The van der Waals surface area contributed by atoms with Crippen LogP contribution in [0.2, 0.25) is 0 Å². The topological polar surface area (TPSA) is 88.6 Å². The number of nitrogens with one attached hydrogen (secondary N) is 1. The van der Waals surface area contributed by atoms with Crippen molar-refractivity contribution in [3.8, 4) is 16.9 Å². The molecule has 1 amide bonds. The first-order valence-corrected chi connectivity index (χ1v) is 12.8. The van der Waals surface area contributed by atoms with Crippen LogP contribution in [0.1, 0.15) is 28.4 Å². The van der Waals surface area contributed by atoms with E-state index >= 15 is 0 Å². The third-order valence-corrected chi connectivity index (χ3v) is 6.99. The second kappa shape index (κ2) is 9.42. The van der Waals surface area contributed by atoms with Gasteiger partial charge in [-0.15, -0.1) is 0 Å². The van der Waals surface area contributed by atoms with Crippen molar-refractivity contribution in [2.45, 2.75) is 24.8 Å². The van der Waals surface area contributed by atoms with Crippen LogP contribution >= 0.6 is 0 Å². The zero-order chi connectivity index (χ0) is 24.5. The number of hydrogen-bond acceptors (Lipinski definition) is 6. The average molecular weight is 484 g/mol. The second-order valence-corrected chi connectivity index (χ2v) is 10.1. The van der Waals surface area contributed by atoms with Gasteiger partial charge in [0, 0.05) is 48.3 Å². The average Bonchev–Trinajstić information content (AvgIpc) is 3.04. The van der Waals surface area contributed by atoms with Crippen LogP contribution in [-0.2, 0) is 22.8 Å². The largest absolute Gasteiger partial charge is 0.491 e. The van der Waals surface area contributed by atoms with Gasteiger partial charge in [0.15, 0.2) is 9.84 Å². The highest BCUT2D eigenvalue weighted by atomic mass is 32.2. The number of carbonyl (C=O) groups is 1. The van der Waals surface area contributed by atoms with Crippen molar-refractivity contribution in [3.63, 3.8) is 0 Å². The van der Waals surface area contributed by atoms with E-state index in [4.69, 9.17) is 4.74 Å². The maximum atomic E-state index is 15.0. The predicted octanol–water partition coefficient (Wildman–Crippen LogP) is 3.93. The van der Waals surface area contributed by atoms with Gasteiger partial charge in [0.2, 0.25) is 0 Å². The number of halogens is 1. The Morgan fingerprint density at radius 1 is 1.18 bits per heavy atom. The van der Waals surface area contributed by atoms with E-state index in [1.165, 1.54) is 12.1 Å². The van der Waals surface area contributed by atoms with Gasteiger partial charge in [0.25, 0.3) is 5.91 Å². The van der Waals surface area contributed by atoms with Crippen LogP contribution in [0.4, 0.5) is 10.2 Å². The fourth-order valence-corrected chi connectivity index (χ4v) is 4.83. The molecule has 0 saturated carbocycles. The first-order chi connectivity index (χ1) is 16.2. The molecule has 34 heavy (non-hydrogen) atoms. The van der Waals surface area contributed by atoms with Gasteiger partial charge in [-0.05, 0) is 48.4 Å². The molecule has 0 unspecified atom stereocenters. The number of amides is 1. The summed E-state index contributed by atoms with van der Waals surface area (Å²) in [6.45, 7) is 2.59. The van der Waals surface area contributed by atoms with Crippen molar-refractivity contribution in [2.24, 2.45) is 0 Å². The number of hydrogen-bond donors (Lipinski definition) is 1. The number of ether oxygens (including phenoxy) is 1. The number of fused-ring (bicyclic) bond motifs is 1. The van der Waals surface area contributed by atoms with E-state index in [1.54, 1.807) is 25.1 Å². The van der Waals surface area contributed by atoms with Crippen LogP contribution in [-0.4, -0.2) is 50.7 Å². The van der Waals surface area contributed by atoms with Crippen molar-refractivity contribution >= 4 is 21.6 Å². The SMILES string of the molecule is CCc1c(C(=O)N2CCOc3ccc(-c4ccc(NC)nc4)cc3C2)ccc(S(C)(=O)=O)c1F. The molecule has 3 aromatic rings. The Morgan fingerprint density at radius 2 is 1.94 bits per heavy atom. The monoisotopic (exact) mass is 483 g/mol. The van der Waals surface area contributed by atoms with Crippen LogP contribution < -0.4 is 10.1 Å². The van der Waals surface area contributed by atoms with E-state index in [2.05, 4.69) is 10.3 Å². The van der Waals surface area contributed by atoms with E-state index in [0.717, 1.165) is 28.8 Å².